The molecule has 0 radical (unpaired) electrons. The minimum Gasteiger partial charge on any atom is -0.340 e. The summed E-state index contributed by atoms with van der Waals surface area (Å²) in [5.74, 6) is 0.144. The number of carbonyl (C=O) groups excluding carboxylic acids is 2. The van der Waals surface area contributed by atoms with Gasteiger partial charge in [0.05, 0.1) is 6.20 Å². The molecule has 0 bridgehead atoms. The Bertz CT molecular complexity index is 1070. The van der Waals surface area contributed by atoms with E-state index in [0.717, 1.165) is 5.69 Å². The van der Waals surface area contributed by atoms with Gasteiger partial charge in [0.1, 0.15) is 11.5 Å². The van der Waals surface area contributed by atoms with E-state index in [9.17, 15) is 9.59 Å². The van der Waals surface area contributed by atoms with Crippen LogP contribution in [0.2, 0.25) is 5.02 Å². The summed E-state index contributed by atoms with van der Waals surface area (Å²) >= 11 is 6.00. The number of aromatic nitrogens is 3. The Hall–Kier alpha value is -3.39. The van der Waals surface area contributed by atoms with Crippen molar-refractivity contribution in [3.8, 4) is 0 Å². The van der Waals surface area contributed by atoms with Crippen molar-refractivity contribution in [3.05, 3.63) is 59.0 Å². The Morgan fingerprint density at radius 1 is 1.27 bits per heavy atom. The Balaban J connectivity index is 1.71. The van der Waals surface area contributed by atoms with Gasteiger partial charge in [0.25, 0.3) is 5.91 Å². The third-order valence-corrected chi connectivity index (χ3v) is 4.14. The molecule has 0 atom stereocenters. The highest BCUT2D eigenvalue weighted by molar-refractivity contribution is 6.30. The van der Waals surface area contributed by atoms with Crippen molar-refractivity contribution in [2.75, 3.05) is 12.4 Å². The maximum atomic E-state index is 11.9. The molecule has 3 aromatic rings. The number of halogens is 1. The third kappa shape index (κ3) is 2.86. The Morgan fingerprint density at radius 2 is 2.12 bits per heavy atom. The van der Waals surface area contributed by atoms with Gasteiger partial charge in [-0.05, 0) is 30.3 Å². The minimum absolute atomic E-state index is 0.236. The van der Waals surface area contributed by atoms with Crippen molar-refractivity contribution in [2.24, 2.45) is 0 Å². The first-order valence-corrected chi connectivity index (χ1v) is 8.07. The average Bonchev–Trinajstić information content (AvgIpc) is 3.11. The van der Waals surface area contributed by atoms with Crippen LogP contribution in [0.4, 0.5) is 16.3 Å². The summed E-state index contributed by atoms with van der Waals surface area (Å²) in [7, 11) is 1.53. The van der Waals surface area contributed by atoms with Crippen molar-refractivity contribution in [1.29, 1.82) is 0 Å². The molecule has 8 nitrogen and oxygen atoms in total. The van der Waals surface area contributed by atoms with Crippen molar-refractivity contribution in [3.63, 3.8) is 0 Å². The molecule has 0 saturated carbocycles. The van der Waals surface area contributed by atoms with E-state index in [1.54, 1.807) is 41.2 Å². The van der Waals surface area contributed by atoms with Crippen molar-refractivity contribution < 1.29 is 9.59 Å². The van der Waals surface area contributed by atoms with E-state index in [0.29, 0.717) is 22.1 Å². The van der Waals surface area contributed by atoms with Gasteiger partial charge in [0.2, 0.25) is 0 Å². The predicted octanol–water partition coefficient (Wildman–Crippen LogP) is 2.65. The first-order valence-electron chi connectivity index (χ1n) is 7.69. The number of benzene rings is 1. The number of hydrogen-bond donors (Lipinski definition) is 2. The van der Waals surface area contributed by atoms with E-state index in [1.165, 1.54) is 11.9 Å². The molecule has 4 rings (SSSR count). The molecule has 3 heterocycles. The zero-order valence-electron chi connectivity index (χ0n) is 13.6. The molecule has 26 heavy (non-hydrogen) atoms. The maximum absolute atomic E-state index is 11.9. The fourth-order valence-corrected chi connectivity index (χ4v) is 2.78. The zero-order valence-corrected chi connectivity index (χ0v) is 14.4. The molecule has 0 aliphatic carbocycles. The van der Waals surface area contributed by atoms with E-state index in [1.807, 2.05) is 12.1 Å². The second kappa shape index (κ2) is 6.16. The highest BCUT2D eigenvalue weighted by Crippen LogP contribution is 2.22. The van der Waals surface area contributed by atoms with E-state index < -0.39 is 11.9 Å². The number of carbonyl (C=O) groups is 2. The second-order valence-electron chi connectivity index (χ2n) is 5.66. The third-order valence-electron chi connectivity index (χ3n) is 3.90. The number of anilines is 2. The summed E-state index contributed by atoms with van der Waals surface area (Å²) < 4.78 is 1.59. The standard InChI is InChI=1S/C17H13ClN6O2/c1-23-13(16(25)22-17(23)26)7-10-9-19-24-6-5-14(21-15(10)24)20-12-4-2-3-11(18)8-12/h2-9H,1H3,(H,20,21)(H,22,25,26)/b13-7-. The highest BCUT2D eigenvalue weighted by atomic mass is 35.5. The van der Waals surface area contributed by atoms with Crippen LogP contribution in [0.3, 0.4) is 0 Å². The molecule has 0 spiro atoms. The van der Waals surface area contributed by atoms with E-state index in [4.69, 9.17) is 11.6 Å². The van der Waals surface area contributed by atoms with E-state index in [-0.39, 0.29) is 5.70 Å². The Kier molecular flexibility index (Phi) is 3.81. The first-order chi connectivity index (χ1) is 12.5. The number of likely N-dealkylation sites (N-methyl/N-ethyl adjacent to an activating group) is 1. The number of fused-ring (bicyclic) bond motifs is 1. The van der Waals surface area contributed by atoms with Crippen LogP contribution in [0.15, 0.2) is 48.4 Å². The number of amides is 3. The van der Waals surface area contributed by atoms with Gasteiger partial charge in [-0.25, -0.2) is 14.3 Å². The normalized spacial score (nSPS) is 15.8. The van der Waals surface area contributed by atoms with E-state index in [2.05, 4.69) is 20.7 Å². The highest BCUT2D eigenvalue weighted by Gasteiger charge is 2.30. The van der Waals surface area contributed by atoms with Gasteiger partial charge >= 0.3 is 6.03 Å². The van der Waals surface area contributed by atoms with Gasteiger partial charge in [0, 0.05) is 29.5 Å². The number of hydrogen-bond acceptors (Lipinski definition) is 5. The zero-order chi connectivity index (χ0) is 18.3. The SMILES string of the molecule is CN1C(=O)NC(=O)/C1=C/c1cnn2ccc(Nc3cccc(Cl)c3)nc12. The van der Waals surface area contributed by atoms with Crippen molar-refractivity contribution in [1.82, 2.24) is 24.8 Å². The van der Waals surface area contributed by atoms with Crippen LogP contribution in [0.25, 0.3) is 11.7 Å². The van der Waals surface area contributed by atoms with Crippen LogP contribution >= 0.6 is 11.6 Å². The summed E-state index contributed by atoms with van der Waals surface area (Å²) in [6.45, 7) is 0. The quantitative estimate of drug-likeness (QED) is 0.547. The summed E-state index contributed by atoms with van der Waals surface area (Å²) in [6, 6.07) is 8.60. The average molecular weight is 369 g/mol. The number of rotatable bonds is 3. The lowest BCUT2D eigenvalue weighted by Gasteiger charge is -2.07. The molecule has 0 unspecified atom stereocenters. The van der Waals surface area contributed by atoms with Crippen LogP contribution in [0.5, 0.6) is 0 Å². The molecular formula is C17H13ClN6O2. The van der Waals surface area contributed by atoms with Crippen LogP contribution in [0, 0.1) is 0 Å². The number of nitrogens with one attached hydrogen (secondary N) is 2. The van der Waals surface area contributed by atoms with Crippen LogP contribution in [0.1, 0.15) is 5.56 Å². The molecule has 1 aromatic carbocycles. The van der Waals surface area contributed by atoms with Crippen molar-refractivity contribution >= 4 is 46.8 Å². The number of nitrogens with zero attached hydrogens (tertiary/aromatic N) is 4. The molecule has 1 fully saturated rings. The fraction of sp³-hybridized carbons (Fsp3) is 0.0588. The lowest BCUT2D eigenvalue weighted by atomic mass is 10.2. The second-order valence-corrected chi connectivity index (χ2v) is 6.10. The number of urea groups is 1. The summed E-state index contributed by atoms with van der Waals surface area (Å²) in [5.41, 5.74) is 2.20. The summed E-state index contributed by atoms with van der Waals surface area (Å²) in [5, 5.41) is 10.2. The summed E-state index contributed by atoms with van der Waals surface area (Å²) in [4.78, 5) is 29.2. The predicted molar refractivity (Wildman–Crippen MR) is 97.0 cm³/mol. The lowest BCUT2D eigenvalue weighted by molar-refractivity contribution is -0.115. The molecule has 2 N–H and O–H groups in total. The molecule has 1 saturated heterocycles. The molecular weight excluding hydrogens is 356 g/mol. The lowest BCUT2D eigenvalue weighted by Crippen LogP contribution is -2.24. The molecule has 9 heteroatoms. The van der Waals surface area contributed by atoms with Gasteiger partial charge in [-0.2, -0.15) is 5.10 Å². The monoisotopic (exact) mass is 368 g/mol. The molecule has 1 aliphatic rings. The smallest absolute Gasteiger partial charge is 0.328 e. The topological polar surface area (TPSA) is 91.6 Å². The first kappa shape index (κ1) is 16.1. The van der Waals surface area contributed by atoms with Gasteiger partial charge in [0.15, 0.2) is 5.65 Å². The van der Waals surface area contributed by atoms with Crippen molar-refractivity contribution in [2.45, 2.75) is 0 Å². The van der Waals surface area contributed by atoms with Crippen LogP contribution in [-0.4, -0.2) is 38.5 Å². The Morgan fingerprint density at radius 3 is 2.85 bits per heavy atom. The maximum Gasteiger partial charge on any atom is 0.328 e. The van der Waals surface area contributed by atoms with Crippen LogP contribution < -0.4 is 10.6 Å². The fourth-order valence-electron chi connectivity index (χ4n) is 2.59. The largest absolute Gasteiger partial charge is 0.340 e. The molecule has 1 aliphatic heterocycles. The summed E-state index contributed by atoms with van der Waals surface area (Å²) in [6.07, 6.45) is 4.92. The van der Waals surface area contributed by atoms with E-state index >= 15 is 0 Å². The van der Waals surface area contributed by atoms with Gasteiger partial charge in [-0.1, -0.05) is 17.7 Å². The molecule has 2 aromatic heterocycles. The minimum atomic E-state index is -0.464. The Labute approximate surface area is 153 Å². The van der Waals surface area contributed by atoms with Crippen LogP contribution in [-0.2, 0) is 4.79 Å². The molecule has 130 valence electrons. The van der Waals surface area contributed by atoms with Gasteiger partial charge in [-0.3, -0.25) is 15.0 Å². The number of imide groups is 1. The molecule has 3 amide bonds. The van der Waals surface area contributed by atoms with Gasteiger partial charge in [-0.15, -0.1) is 0 Å². The van der Waals surface area contributed by atoms with Gasteiger partial charge < -0.3 is 5.32 Å².